The van der Waals surface area contributed by atoms with Crippen molar-refractivity contribution < 1.29 is 4.74 Å². The van der Waals surface area contributed by atoms with Crippen LogP contribution in [0.25, 0.3) is 16.6 Å². The molecule has 0 amide bonds. The number of para-hydroxylation sites is 3. The van der Waals surface area contributed by atoms with Crippen LogP contribution < -0.4 is 10.3 Å². The van der Waals surface area contributed by atoms with Gasteiger partial charge in [-0.3, -0.25) is 9.36 Å². The summed E-state index contributed by atoms with van der Waals surface area (Å²) in [5.41, 5.74) is 1.41. The summed E-state index contributed by atoms with van der Waals surface area (Å²) >= 11 is 1.66. The highest BCUT2D eigenvalue weighted by Gasteiger charge is 2.20. The van der Waals surface area contributed by atoms with Crippen LogP contribution in [0.2, 0.25) is 0 Å². The van der Waals surface area contributed by atoms with Gasteiger partial charge in [0.25, 0.3) is 5.56 Å². The molecule has 5 nitrogen and oxygen atoms in total. The van der Waals surface area contributed by atoms with Crippen LogP contribution in [-0.4, -0.2) is 46.9 Å². The lowest BCUT2D eigenvalue weighted by Crippen LogP contribution is -2.36. The highest BCUT2D eigenvalue weighted by atomic mass is 32.2. The molecule has 1 atom stereocenters. The summed E-state index contributed by atoms with van der Waals surface area (Å²) < 4.78 is 7.24. The van der Waals surface area contributed by atoms with Gasteiger partial charge < -0.3 is 9.64 Å². The minimum Gasteiger partial charge on any atom is -0.495 e. The molecule has 0 N–H and O–H groups in total. The maximum absolute atomic E-state index is 13.4. The fourth-order valence-electron chi connectivity index (χ4n) is 4.03. The smallest absolute Gasteiger partial charge is 0.266 e. The monoisotopic (exact) mass is 409 g/mol. The van der Waals surface area contributed by atoms with Crippen LogP contribution in [0, 0.1) is 0 Å². The zero-order valence-electron chi connectivity index (χ0n) is 17.0. The SMILES string of the molecule is COc1ccccc1-n1c(SCCC2CCCCN2C)nc2ccccc2c1=O. The number of likely N-dealkylation sites (tertiary alicyclic amines) is 1. The highest BCUT2D eigenvalue weighted by molar-refractivity contribution is 7.99. The van der Waals surface area contributed by atoms with Crippen LogP contribution in [0.15, 0.2) is 58.5 Å². The van der Waals surface area contributed by atoms with Gasteiger partial charge in [0.15, 0.2) is 5.16 Å². The molecular formula is C23H27N3O2S. The van der Waals surface area contributed by atoms with E-state index in [2.05, 4.69) is 11.9 Å². The van der Waals surface area contributed by atoms with Gasteiger partial charge in [-0.1, -0.05) is 42.4 Å². The lowest BCUT2D eigenvalue weighted by molar-refractivity contribution is 0.182. The van der Waals surface area contributed by atoms with Gasteiger partial charge in [0, 0.05) is 11.8 Å². The molecule has 3 aromatic rings. The standard InChI is InChI=1S/C23H27N3O2S/c1-25-15-8-7-9-17(25)14-16-29-23-24-19-11-4-3-10-18(19)22(27)26(23)20-12-5-6-13-21(20)28-2/h3-6,10-13,17H,7-9,14-16H2,1-2H3. The second-order valence-corrected chi connectivity index (χ2v) is 8.55. The number of aromatic nitrogens is 2. The van der Waals surface area contributed by atoms with E-state index in [1.165, 1.54) is 25.8 Å². The minimum atomic E-state index is -0.0580. The third-order valence-electron chi connectivity index (χ3n) is 5.67. The third kappa shape index (κ3) is 4.19. The number of fused-ring (bicyclic) bond motifs is 1. The number of rotatable bonds is 6. The molecular weight excluding hydrogens is 382 g/mol. The number of ether oxygens (including phenoxy) is 1. The number of benzene rings is 2. The topological polar surface area (TPSA) is 47.4 Å². The van der Waals surface area contributed by atoms with Crippen LogP contribution >= 0.6 is 11.8 Å². The molecule has 1 aliphatic rings. The molecule has 4 rings (SSSR count). The van der Waals surface area contributed by atoms with E-state index in [-0.39, 0.29) is 5.56 Å². The summed E-state index contributed by atoms with van der Waals surface area (Å²) in [5, 5.41) is 1.34. The summed E-state index contributed by atoms with van der Waals surface area (Å²) in [6.07, 6.45) is 4.94. The van der Waals surface area contributed by atoms with Crippen molar-refractivity contribution in [3.05, 3.63) is 58.9 Å². The zero-order valence-corrected chi connectivity index (χ0v) is 17.8. The first-order chi connectivity index (χ1) is 14.2. The van der Waals surface area contributed by atoms with Gasteiger partial charge in [0.2, 0.25) is 0 Å². The molecule has 1 unspecified atom stereocenters. The number of nitrogens with zero attached hydrogens (tertiary/aromatic N) is 3. The Kier molecular flexibility index (Phi) is 6.21. The molecule has 6 heteroatoms. The molecule has 1 fully saturated rings. The van der Waals surface area contributed by atoms with E-state index >= 15 is 0 Å². The summed E-state index contributed by atoms with van der Waals surface area (Å²) in [6, 6.07) is 15.8. The second-order valence-electron chi connectivity index (χ2n) is 7.49. The Balaban J connectivity index is 1.71. The molecule has 29 heavy (non-hydrogen) atoms. The van der Waals surface area contributed by atoms with Crippen molar-refractivity contribution in [3.63, 3.8) is 0 Å². The van der Waals surface area contributed by atoms with Gasteiger partial charge in [-0.05, 0) is 57.1 Å². The van der Waals surface area contributed by atoms with E-state index in [0.717, 1.165) is 28.5 Å². The molecule has 0 aliphatic carbocycles. The molecule has 1 aliphatic heterocycles. The summed E-state index contributed by atoms with van der Waals surface area (Å²) in [5.74, 6) is 1.59. The van der Waals surface area contributed by atoms with Crippen molar-refractivity contribution in [2.75, 3.05) is 26.5 Å². The van der Waals surface area contributed by atoms with E-state index in [1.807, 2.05) is 48.5 Å². The van der Waals surface area contributed by atoms with E-state index in [1.54, 1.807) is 23.4 Å². The van der Waals surface area contributed by atoms with E-state index in [0.29, 0.717) is 17.2 Å². The first-order valence-corrected chi connectivity index (χ1v) is 11.2. The third-order valence-corrected chi connectivity index (χ3v) is 6.65. The molecule has 0 bridgehead atoms. The van der Waals surface area contributed by atoms with Gasteiger partial charge in [-0.2, -0.15) is 0 Å². The fourth-order valence-corrected chi connectivity index (χ4v) is 5.08. The Morgan fingerprint density at radius 1 is 1.14 bits per heavy atom. The number of thioether (sulfide) groups is 1. The van der Waals surface area contributed by atoms with E-state index in [9.17, 15) is 4.79 Å². The van der Waals surface area contributed by atoms with Gasteiger partial charge >= 0.3 is 0 Å². The van der Waals surface area contributed by atoms with Gasteiger partial charge in [0.1, 0.15) is 5.75 Å². The predicted octanol–water partition coefficient (Wildman–Crippen LogP) is 4.36. The number of piperidine rings is 1. The zero-order chi connectivity index (χ0) is 20.2. The van der Waals surface area contributed by atoms with Crippen molar-refractivity contribution >= 4 is 22.7 Å². The van der Waals surface area contributed by atoms with Crippen LogP contribution in [0.4, 0.5) is 0 Å². The normalized spacial score (nSPS) is 17.5. The molecule has 0 radical (unpaired) electrons. The van der Waals surface area contributed by atoms with Gasteiger partial charge in [-0.25, -0.2) is 4.98 Å². The Morgan fingerprint density at radius 2 is 1.93 bits per heavy atom. The largest absolute Gasteiger partial charge is 0.495 e. The number of hydrogen-bond donors (Lipinski definition) is 0. The number of hydrogen-bond acceptors (Lipinski definition) is 5. The maximum atomic E-state index is 13.4. The van der Waals surface area contributed by atoms with Crippen LogP contribution in [0.3, 0.4) is 0 Å². The predicted molar refractivity (Wildman–Crippen MR) is 120 cm³/mol. The average Bonchev–Trinajstić information content (AvgIpc) is 2.75. The van der Waals surface area contributed by atoms with Crippen molar-refractivity contribution in [1.29, 1.82) is 0 Å². The van der Waals surface area contributed by atoms with Crippen LogP contribution in [0.5, 0.6) is 5.75 Å². The van der Waals surface area contributed by atoms with E-state index < -0.39 is 0 Å². The molecule has 1 aromatic heterocycles. The van der Waals surface area contributed by atoms with Crippen LogP contribution in [0.1, 0.15) is 25.7 Å². The Bertz CT molecular complexity index is 1050. The van der Waals surface area contributed by atoms with Crippen molar-refractivity contribution in [3.8, 4) is 11.4 Å². The Hall–Kier alpha value is -2.31. The van der Waals surface area contributed by atoms with Crippen molar-refractivity contribution in [2.24, 2.45) is 0 Å². The van der Waals surface area contributed by atoms with Crippen LogP contribution in [-0.2, 0) is 0 Å². The fraction of sp³-hybridized carbons (Fsp3) is 0.391. The summed E-state index contributed by atoms with van der Waals surface area (Å²) in [6.45, 7) is 1.18. The molecule has 2 aromatic carbocycles. The summed E-state index contributed by atoms with van der Waals surface area (Å²) in [4.78, 5) is 20.7. The first kappa shape index (κ1) is 20.0. The molecule has 152 valence electrons. The Labute approximate surface area is 175 Å². The lowest BCUT2D eigenvalue weighted by atomic mass is 10.0. The molecule has 0 saturated carbocycles. The Morgan fingerprint density at radius 3 is 2.76 bits per heavy atom. The highest BCUT2D eigenvalue weighted by Crippen LogP contribution is 2.28. The van der Waals surface area contributed by atoms with Gasteiger partial charge in [-0.15, -0.1) is 0 Å². The van der Waals surface area contributed by atoms with Crippen molar-refractivity contribution in [2.45, 2.75) is 36.9 Å². The maximum Gasteiger partial charge on any atom is 0.266 e. The molecule has 0 spiro atoms. The van der Waals surface area contributed by atoms with Gasteiger partial charge in [0.05, 0.1) is 23.7 Å². The number of methoxy groups -OCH3 is 1. The first-order valence-electron chi connectivity index (χ1n) is 10.2. The van der Waals surface area contributed by atoms with Crippen molar-refractivity contribution in [1.82, 2.24) is 14.5 Å². The molecule has 1 saturated heterocycles. The lowest BCUT2D eigenvalue weighted by Gasteiger charge is -2.32. The quantitative estimate of drug-likeness (QED) is 0.447. The second kappa shape index (κ2) is 9.01. The average molecular weight is 410 g/mol. The van der Waals surface area contributed by atoms with E-state index in [4.69, 9.17) is 9.72 Å². The summed E-state index contributed by atoms with van der Waals surface area (Å²) in [7, 11) is 3.84. The molecule has 2 heterocycles. The minimum absolute atomic E-state index is 0.0580.